The van der Waals surface area contributed by atoms with E-state index in [-0.39, 0.29) is 34.8 Å². The summed E-state index contributed by atoms with van der Waals surface area (Å²) in [5.41, 5.74) is 0. The van der Waals surface area contributed by atoms with Gasteiger partial charge in [-0.2, -0.15) is 0 Å². The Labute approximate surface area is 73.6 Å². The first kappa shape index (κ1) is 9.11. The van der Waals surface area contributed by atoms with Crippen LogP contribution in [-0.4, -0.2) is 14.0 Å². The molecule has 0 aromatic carbocycles. The predicted octanol–water partition coefficient (Wildman–Crippen LogP) is -2.58. The van der Waals surface area contributed by atoms with Crippen LogP contribution in [0.25, 0.3) is 0 Å². The second kappa shape index (κ2) is 4.01. The largest absolute Gasteiger partial charge is 1.00 e. The molecule has 0 amide bonds. The zero-order chi connectivity index (χ0) is 5.28. The smallest absolute Gasteiger partial charge is 0.772 e. The van der Waals surface area contributed by atoms with Gasteiger partial charge in [-0.3, -0.25) is 4.21 Å². The van der Waals surface area contributed by atoms with Gasteiger partial charge in [0.25, 0.3) is 0 Å². The SMILES string of the molecule is O=S([O-])C1CCC1.[Na+]. The van der Waals surface area contributed by atoms with Gasteiger partial charge >= 0.3 is 29.6 Å². The van der Waals surface area contributed by atoms with Crippen LogP contribution in [0.5, 0.6) is 0 Å². The number of hydrogen-bond acceptors (Lipinski definition) is 2. The van der Waals surface area contributed by atoms with Crippen LogP contribution in [0.15, 0.2) is 0 Å². The van der Waals surface area contributed by atoms with Gasteiger partial charge in [-0.25, -0.2) is 0 Å². The Kier molecular flexibility index (Phi) is 4.57. The molecule has 0 bridgehead atoms. The zero-order valence-electron chi connectivity index (χ0n) is 4.92. The summed E-state index contributed by atoms with van der Waals surface area (Å²) in [4.78, 5) is 0. The van der Waals surface area contributed by atoms with Crippen molar-refractivity contribution in [1.82, 2.24) is 0 Å². The predicted molar refractivity (Wildman–Crippen MR) is 26.6 cm³/mol. The van der Waals surface area contributed by atoms with Gasteiger partial charge in [-0.15, -0.1) is 0 Å². The molecular weight excluding hydrogens is 135 g/mol. The summed E-state index contributed by atoms with van der Waals surface area (Å²) < 4.78 is 20.0. The van der Waals surface area contributed by atoms with E-state index in [1.54, 1.807) is 0 Å². The quantitative estimate of drug-likeness (QED) is 0.298. The van der Waals surface area contributed by atoms with E-state index in [1.807, 2.05) is 0 Å². The fourth-order valence-corrected chi connectivity index (χ4v) is 1.28. The molecule has 0 aliphatic heterocycles. The van der Waals surface area contributed by atoms with Crippen molar-refractivity contribution in [1.29, 1.82) is 0 Å². The van der Waals surface area contributed by atoms with Crippen LogP contribution in [0.1, 0.15) is 19.3 Å². The minimum atomic E-state index is -1.77. The topological polar surface area (TPSA) is 40.1 Å². The van der Waals surface area contributed by atoms with E-state index in [4.69, 9.17) is 0 Å². The van der Waals surface area contributed by atoms with E-state index in [0.29, 0.717) is 0 Å². The summed E-state index contributed by atoms with van der Waals surface area (Å²) >= 11 is -1.77. The summed E-state index contributed by atoms with van der Waals surface area (Å²) in [6.07, 6.45) is 2.87. The van der Waals surface area contributed by atoms with Crippen molar-refractivity contribution in [3.63, 3.8) is 0 Å². The molecule has 0 radical (unpaired) electrons. The van der Waals surface area contributed by atoms with Crippen LogP contribution >= 0.6 is 0 Å². The maximum absolute atomic E-state index is 9.98. The van der Waals surface area contributed by atoms with Crippen molar-refractivity contribution >= 4 is 11.1 Å². The maximum Gasteiger partial charge on any atom is 1.00 e. The standard InChI is InChI=1S/C4H8O2S.Na/c5-7(6)4-2-1-3-4;/h4H,1-3H2,(H,5,6);/q;+1/p-1. The molecule has 0 aromatic heterocycles. The second-order valence-corrected chi connectivity index (χ2v) is 3.00. The molecule has 0 N–H and O–H groups in total. The summed E-state index contributed by atoms with van der Waals surface area (Å²) in [5, 5.41) is -0.000000000000000222. The van der Waals surface area contributed by atoms with E-state index < -0.39 is 11.1 Å². The van der Waals surface area contributed by atoms with E-state index in [1.165, 1.54) is 0 Å². The van der Waals surface area contributed by atoms with Gasteiger partial charge in [-0.05, 0) is 12.8 Å². The number of rotatable bonds is 1. The van der Waals surface area contributed by atoms with E-state index in [2.05, 4.69) is 0 Å². The fraction of sp³-hybridized carbons (Fsp3) is 1.00. The molecule has 1 unspecified atom stereocenters. The van der Waals surface area contributed by atoms with Crippen molar-refractivity contribution in [2.75, 3.05) is 0 Å². The van der Waals surface area contributed by atoms with Gasteiger partial charge in [0.05, 0.1) is 0 Å². The van der Waals surface area contributed by atoms with Crippen LogP contribution < -0.4 is 29.6 Å². The first-order valence-corrected chi connectivity index (χ1v) is 3.52. The second-order valence-electron chi connectivity index (χ2n) is 1.81. The first-order valence-electron chi connectivity index (χ1n) is 2.39. The van der Waals surface area contributed by atoms with Crippen LogP contribution in [0.4, 0.5) is 0 Å². The van der Waals surface area contributed by atoms with Crippen molar-refractivity contribution in [2.24, 2.45) is 0 Å². The molecule has 1 aliphatic rings. The Balaban J connectivity index is 0.000000490. The van der Waals surface area contributed by atoms with E-state index >= 15 is 0 Å². The van der Waals surface area contributed by atoms with Gasteiger partial charge in [0, 0.05) is 5.25 Å². The molecule has 1 aliphatic carbocycles. The third-order valence-corrected chi connectivity index (χ3v) is 2.34. The molecular formula is C4H7NaO2S. The van der Waals surface area contributed by atoms with Gasteiger partial charge in [-0.1, -0.05) is 17.5 Å². The van der Waals surface area contributed by atoms with Crippen molar-refractivity contribution in [3.05, 3.63) is 0 Å². The minimum Gasteiger partial charge on any atom is -0.772 e. The summed E-state index contributed by atoms with van der Waals surface area (Å²) in [6, 6.07) is 0. The van der Waals surface area contributed by atoms with Crippen molar-refractivity contribution in [3.8, 4) is 0 Å². The molecule has 8 heavy (non-hydrogen) atoms. The average Bonchev–Trinajstić information content (AvgIpc) is 1.23. The molecule has 1 atom stereocenters. The van der Waals surface area contributed by atoms with E-state index in [9.17, 15) is 8.76 Å². The van der Waals surface area contributed by atoms with Crippen molar-refractivity contribution < 1.29 is 38.3 Å². The van der Waals surface area contributed by atoms with Gasteiger partial charge in [0.2, 0.25) is 0 Å². The van der Waals surface area contributed by atoms with Crippen LogP contribution in [-0.2, 0) is 11.1 Å². The molecule has 42 valence electrons. The normalized spacial score (nSPS) is 23.1. The van der Waals surface area contributed by atoms with Crippen molar-refractivity contribution in [2.45, 2.75) is 24.5 Å². The monoisotopic (exact) mass is 142 g/mol. The first-order chi connectivity index (χ1) is 3.30. The molecule has 4 heteroatoms. The number of hydrogen-bond donors (Lipinski definition) is 0. The molecule has 2 nitrogen and oxygen atoms in total. The Morgan fingerprint density at radius 2 is 2.00 bits per heavy atom. The van der Waals surface area contributed by atoms with Gasteiger partial charge < -0.3 is 4.55 Å². The maximum atomic E-state index is 9.98. The third-order valence-electron chi connectivity index (χ3n) is 1.32. The Bertz CT molecular complexity index is 92.0. The van der Waals surface area contributed by atoms with E-state index in [0.717, 1.165) is 19.3 Å². The molecule has 0 aromatic rings. The summed E-state index contributed by atoms with van der Waals surface area (Å²) in [6.45, 7) is 0. The third kappa shape index (κ3) is 2.15. The zero-order valence-corrected chi connectivity index (χ0v) is 7.74. The van der Waals surface area contributed by atoms with Gasteiger partial charge in [0.1, 0.15) is 0 Å². The fourth-order valence-electron chi connectivity index (χ4n) is 0.563. The molecule has 0 saturated heterocycles. The summed E-state index contributed by atoms with van der Waals surface area (Å²) in [7, 11) is 0. The molecule has 1 saturated carbocycles. The Morgan fingerprint density at radius 1 is 1.50 bits per heavy atom. The Morgan fingerprint density at radius 3 is 2.00 bits per heavy atom. The molecule has 1 rings (SSSR count). The summed E-state index contributed by atoms with van der Waals surface area (Å²) in [5.74, 6) is 0. The molecule has 1 fully saturated rings. The van der Waals surface area contributed by atoms with Gasteiger partial charge in [0.15, 0.2) is 0 Å². The molecule has 0 spiro atoms. The average molecular weight is 142 g/mol. The minimum absolute atomic E-state index is 0. The Hall–Kier alpha value is 1.11. The molecule has 0 heterocycles. The van der Waals surface area contributed by atoms with Crippen LogP contribution in [0.3, 0.4) is 0 Å². The van der Waals surface area contributed by atoms with Crippen LogP contribution in [0.2, 0.25) is 0 Å². The van der Waals surface area contributed by atoms with Crippen LogP contribution in [0, 0.1) is 0 Å².